The third-order valence-electron chi connectivity index (χ3n) is 3.49. The molecule has 1 aliphatic rings. The van der Waals surface area contributed by atoms with E-state index >= 15 is 0 Å². The summed E-state index contributed by atoms with van der Waals surface area (Å²) in [7, 11) is -1.70. The van der Waals surface area contributed by atoms with Crippen LogP contribution in [0.5, 0.6) is 0 Å². The first-order valence-electron chi connectivity index (χ1n) is 6.86. The molecular weight excluding hydrogens is 292 g/mol. The molecule has 0 heterocycles. The van der Waals surface area contributed by atoms with Gasteiger partial charge in [-0.2, -0.15) is 0 Å². The zero-order valence-electron chi connectivity index (χ0n) is 12.7. The number of rotatable bonds is 6. The molecular formula is C15H23ClO3Si. The largest absolute Gasteiger partial charge is 0.465 e. The van der Waals surface area contributed by atoms with Gasteiger partial charge in [-0.05, 0) is 25.0 Å². The Morgan fingerprint density at radius 1 is 1.40 bits per heavy atom. The minimum atomic E-state index is -1.70. The predicted molar refractivity (Wildman–Crippen MR) is 84.6 cm³/mol. The van der Waals surface area contributed by atoms with Crippen molar-refractivity contribution in [3.05, 3.63) is 23.4 Å². The van der Waals surface area contributed by atoms with Crippen LogP contribution in [0.25, 0.3) is 0 Å². The van der Waals surface area contributed by atoms with Crippen molar-refractivity contribution >= 4 is 31.4 Å². The number of alkyl halides is 1. The lowest BCUT2D eigenvalue weighted by Crippen LogP contribution is -2.42. The predicted octanol–water partition coefficient (Wildman–Crippen LogP) is 3.50. The van der Waals surface area contributed by atoms with Crippen LogP contribution in [-0.4, -0.2) is 32.3 Å². The van der Waals surface area contributed by atoms with E-state index in [1.165, 1.54) is 6.92 Å². The summed E-state index contributed by atoms with van der Waals surface area (Å²) in [6.07, 6.45) is 6.86. The third kappa shape index (κ3) is 4.32. The highest BCUT2D eigenvalue weighted by atomic mass is 35.5. The van der Waals surface area contributed by atoms with E-state index in [2.05, 4.69) is 19.6 Å². The normalized spacial score (nSPS) is 22.6. The van der Waals surface area contributed by atoms with Gasteiger partial charge in [0, 0.05) is 18.2 Å². The van der Waals surface area contributed by atoms with Crippen molar-refractivity contribution in [3.63, 3.8) is 0 Å². The first kappa shape index (κ1) is 17.2. The van der Waals surface area contributed by atoms with E-state index in [4.69, 9.17) is 16.3 Å². The molecule has 0 fully saturated rings. The first-order chi connectivity index (χ1) is 9.21. The van der Waals surface area contributed by atoms with E-state index in [1.807, 2.05) is 6.08 Å². The number of ketones is 1. The minimum absolute atomic E-state index is 0.0201. The second kappa shape index (κ2) is 6.72. The zero-order chi connectivity index (χ0) is 15.4. The lowest BCUT2D eigenvalue weighted by atomic mass is 9.80. The molecule has 20 heavy (non-hydrogen) atoms. The van der Waals surface area contributed by atoms with Gasteiger partial charge in [0.15, 0.2) is 5.78 Å². The summed E-state index contributed by atoms with van der Waals surface area (Å²) in [6, 6.07) is 0. The average molecular weight is 315 g/mol. The number of hydrogen-bond acceptors (Lipinski definition) is 3. The van der Waals surface area contributed by atoms with Crippen LogP contribution in [0, 0.1) is 5.41 Å². The van der Waals surface area contributed by atoms with E-state index in [9.17, 15) is 9.59 Å². The van der Waals surface area contributed by atoms with Gasteiger partial charge >= 0.3 is 5.97 Å². The monoisotopic (exact) mass is 314 g/mol. The average Bonchev–Trinajstić information content (AvgIpc) is 2.35. The fourth-order valence-corrected chi connectivity index (χ4v) is 5.14. The summed E-state index contributed by atoms with van der Waals surface area (Å²) in [4.78, 5) is 22.9. The van der Waals surface area contributed by atoms with Gasteiger partial charge in [-0.3, -0.25) is 9.59 Å². The second-order valence-electron chi connectivity index (χ2n) is 6.27. The third-order valence-corrected chi connectivity index (χ3v) is 6.01. The summed E-state index contributed by atoms with van der Waals surface area (Å²) in [6.45, 7) is 8.31. The van der Waals surface area contributed by atoms with Gasteiger partial charge in [-0.1, -0.05) is 30.9 Å². The molecule has 3 nitrogen and oxygen atoms in total. The number of allylic oxidation sites excluding steroid dienone is 2. The van der Waals surface area contributed by atoms with Gasteiger partial charge in [0.25, 0.3) is 0 Å². The molecule has 0 saturated carbocycles. The Morgan fingerprint density at radius 3 is 2.55 bits per heavy atom. The van der Waals surface area contributed by atoms with E-state index < -0.39 is 8.07 Å². The Morgan fingerprint density at radius 2 is 2.05 bits per heavy atom. The van der Waals surface area contributed by atoms with Crippen LogP contribution in [0.1, 0.15) is 19.8 Å². The Kier molecular flexibility index (Phi) is 5.77. The minimum Gasteiger partial charge on any atom is -0.465 e. The highest BCUT2D eigenvalue weighted by Gasteiger charge is 2.41. The number of carbonyl (C=O) groups excluding carboxylic acids is 2. The number of ether oxygens (including phenoxy) is 1. The molecule has 1 rings (SSSR count). The van der Waals surface area contributed by atoms with Crippen molar-refractivity contribution in [2.75, 3.05) is 12.5 Å². The molecule has 0 saturated heterocycles. The van der Waals surface area contributed by atoms with Crippen molar-refractivity contribution in [3.8, 4) is 0 Å². The molecule has 0 amide bonds. The molecule has 0 spiro atoms. The SMILES string of the molecule is CC(=O)OCC1(CCCCl)C=CC(=O)C=C1[Si](C)(C)C. The maximum Gasteiger partial charge on any atom is 0.302 e. The fraction of sp³-hybridized carbons (Fsp3) is 0.600. The van der Waals surface area contributed by atoms with Crippen LogP contribution in [0.3, 0.4) is 0 Å². The van der Waals surface area contributed by atoms with E-state index in [0.717, 1.165) is 18.0 Å². The number of hydrogen-bond donors (Lipinski definition) is 0. The van der Waals surface area contributed by atoms with Crippen molar-refractivity contribution in [2.24, 2.45) is 5.41 Å². The van der Waals surface area contributed by atoms with Crippen molar-refractivity contribution in [1.29, 1.82) is 0 Å². The number of halogens is 1. The molecule has 1 unspecified atom stereocenters. The van der Waals surface area contributed by atoms with Crippen molar-refractivity contribution in [1.82, 2.24) is 0 Å². The summed E-state index contributed by atoms with van der Waals surface area (Å²) in [5.74, 6) is 0.282. The highest BCUT2D eigenvalue weighted by molar-refractivity contribution is 6.83. The lowest BCUT2D eigenvalue weighted by Gasteiger charge is -2.40. The summed E-state index contributed by atoms with van der Waals surface area (Å²) in [5, 5.41) is 1.14. The molecule has 112 valence electrons. The molecule has 0 aliphatic heterocycles. The maximum atomic E-state index is 11.7. The molecule has 1 aliphatic carbocycles. The van der Waals surface area contributed by atoms with Crippen LogP contribution in [-0.2, 0) is 14.3 Å². The quantitative estimate of drug-likeness (QED) is 0.428. The molecule has 0 radical (unpaired) electrons. The van der Waals surface area contributed by atoms with E-state index in [-0.39, 0.29) is 17.2 Å². The van der Waals surface area contributed by atoms with Crippen molar-refractivity contribution in [2.45, 2.75) is 39.4 Å². The molecule has 5 heteroatoms. The fourth-order valence-electron chi connectivity index (χ4n) is 2.66. The van der Waals surface area contributed by atoms with Gasteiger partial charge in [0.1, 0.15) is 6.61 Å². The lowest BCUT2D eigenvalue weighted by molar-refractivity contribution is -0.143. The first-order valence-corrected chi connectivity index (χ1v) is 10.9. The van der Waals surface area contributed by atoms with Gasteiger partial charge in [-0.15, -0.1) is 11.6 Å². The Hall–Kier alpha value is -0.873. The molecule has 0 bridgehead atoms. The van der Waals surface area contributed by atoms with Gasteiger partial charge in [0.05, 0.1) is 8.07 Å². The van der Waals surface area contributed by atoms with Crippen LogP contribution in [0.4, 0.5) is 0 Å². The van der Waals surface area contributed by atoms with Gasteiger partial charge in [-0.25, -0.2) is 0 Å². The van der Waals surface area contributed by atoms with Gasteiger partial charge < -0.3 is 4.74 Å². The Labute approximate surface area is 127 Å². The smallest absolute Gasteiger partial charge is 0.302 e. The van der Waals surface area contributed by atoms with E-state index in [0.29, 0.717) is 12.5 Å². The molecule has 0 N–H and O–H groups in total. The molecule has 0 aromatic carbocycles. The molecule has 1 atom stereocenters. The van der Waals surface area contributed by atoms with Crippen molar-refractivity contribution < 1.29 is 14.3 Å². The van der Waals surface area contributed by atoms with Gasteiger partial charge in [0.2, 0.25) is 0 Å². The number of esters is 1. The topological polar surface area (TPSA) is 43.4 Å². The summed E-state index contributed by atoms with van der Waals surface area (Å²) in [5.41, 5.74) is -0.362. The maximum absolute atomic E-state index is 11.7. The van der Waals surface area contributed by atoms with Crippen LogP contribution in [0.2, 0.25) is 19.6 Å². The standard InChI is InChI=1S/C15H23ClO3Si/c1-12(17)19-11-15(7-5-9-16)8-6-13(18)10-14(15)20(2,3)4/h6,8,10H,5,7,9,11H2,1-4H3. The van der Waals surface area contributed by atoms with Crippen LogP contribution < -0.4 is 0 Å². The highest BCUT2D eigenvalue weighted by Crippen LogP contribution is 2.42. The Bertz CT molecular complexity index is 449. The van der Waals surface area contributed by atoms with Crippen LogP contribution >= 0.6 is 11.6 Å². The van der Waals surface area contributed by atoms with Crippen LogP contribution in [0.15, 0.2) is 23.4 Å². The second-order valence-corrected chi connectivity index (χ2v) is 11.7. The zero-order valence-corrected chi connectivity index (χ0v) is 14.4. The summed E-state index contributed by atoms with van der Waals surface area (Å²) >= 11 is 5.83. The summed E-state index contributed by atoms with van der Waals surface area (Å²) < 4.78 is 5.28. The Balaban J connectivity index is 3.16. The molecule has 0 aromatic heterocycles. The number of carbonyl (C=O) groups is 2. The molecule has 0 aromatic rings. The van der Waals surface area contributed by atoms with E-state index in [1.54, 1.807) is 12.2 Å².